The molecule has 0 aliphatic carbocycles. The number of benzene rings is 1. The highest BCUT2D eigenvalue weighted by Gasteiger charge is 2.48. The molecule has 1 aliphatic heterocycles. The molecular weight excluding hydrogens is 396 g/mol. The summed E-state index contributed by atoms with van der Waals surface area (Å²) in [7, 11) is 0. The van der Waals surface area contributed by atoms with E-state index >= 15 is 0 Å². The van der Waals surface area contributed by atoms with Gasteiger partial charge in [-0.3, -0.25) is 4.90 Å². The quantitative estimate of drug-likeness (QED) is 0.611. The molecule has 1 aromatic carbocycles. The van der Waals surface area contributed by atoms with Gasteiger partial charge < -0.3 is 4.57 Å². The first-order chi connectivity index (χ1) is 13.3. The maximum absolute atomic E-state index is 13.9. The number of halogens is 4. The van der Waals surface area contributed by atoms with Crippen LogP contribution in [0.5, 0.6) is 0 Å². The molecular formula is C17H16F4N6S. The van der Waals surface area contributed by atoms with Crippen LogP contribution in [0.1, 0.15) is 36.2 Å². The molecule has 3 heterocycles. The summed E-state index contributed by atoms with van der Waals surface area (Å²) >= 11 is 1.18. The van der Waals surface area contributed by atoms with Crippen LogP contribution in [-0.4, -0.2) is 41.7 Å². The number of aromatic nitrogens is 5. The third-order valence-corrected chi connectivity index (χ3v) is 5.58. The first-order valence-corrected chi connectivity index (χ1v) is 9.34. The zero-order chi connectivity index (χ0) is 20.1. The van der Waals surface area contributed by atoms with Crippen molar-refractivity contribution >= 4 is 11.5 Å². The molecule has 0 N–H and O–H groups in total. The second kappa shape index (κ2) is 6.89. The fraction of sp³-hybridized carbons (Fsp3) is 0.412. The van der Waals surface area contributed by atoms with Crippen LogP contribution in [0.25, 0.3) is 10.8 Å². The molecule has 1 aliphatic rings. The summed E-state index contributed by atoms with van der Waals surface area (Å²) in [5.74, 6) is 0.979. The Bertz CT molecular complexity index is 980. The number of nitrogens with zero attached hydrogens (tertiary/aromatic N) is 6. The van der Waals surface area contributed by atoms with E-state index in [1.807, 2.05) is 0 Å². The molecule has 0 radical (unpaired) electrons. The smallest absolute Gasteiger partial charge is 0.306 e. The summed E-state index contributed by atoms with van der Waals surface area (Å²) in [5, 5.41) is 8.85. The molecule has 0 amide bonds. The van der Waals surface area contributed by atoms with Crippen LogP contribution in [0.2, 0.25) is 0 Å². The number of hydrogen-bond donors (Lipinski definition) is 0. The van der Waals surface area contributed by atoms with Crippen LogP contribution in [0.15, 0.2) is 24.3 Å². The molecule has 3 aromatic rings. The van der Waals surface area contributed by atoms with Gasteiger partial charge in [-0.05, 0) is 43.1 Å². The molecule has 28 heavy (non-hydrogen) atoms. The highest BCUT2D eigenvalue weighted by molar-refractivity contribution is 7.09. The fourth-order valence-corrected chi connectivity index (χ4v) is 4.18. The summed E-state index contributed by atoms with van der Waals surface area (Å²) in [5.41, 5.74) is -0.00585. The number of aryl methyl sites for hydroxylation is 1. The Labute approximate surface area is 162 Å². The van der Waals surface area contributed by atoms with Crippen molar-refractivity contribution in [3.8, 4) is 10.8 Å². The lowest BCUT2D eigenvalue weighted by atomic mass is 10.0. The van der Waals surface area contributed by atoms with E-state index < -0.39 is 24.1 Å². The van der Waals surface area contributed by atoms with E-state index in [2.05, 4.69) is 19.6 Å². The lowest BCUT2D eigenvalue weighted by molar-refractivity contribution is -0.195. The topological polar surface area (TPSA) is 59.7 Å². The number of hydrogen-bond acceptors (Lipinski definition) is 6. The largest absolute Gasteiger partial charge is 0.408 e. The molecule has 11 heteroatoms. The van der Waals surface area contributed by atoms with Gasteiger partial charge in [-0.2, -0.15) is 17.5 Å². The minimum atomic E-state index is -4.52. The Morgan fingerprint density at radius 1 is 1.14 bits per heavy atom. The molecule has 0 saturated carbocycles. The van der Waals surface area contributed by atoms with E-state index in [0.717, 1.165) is 12.1 Å². The highest BCUT2D eigenvalue weighted by Crippen LogP contribution is 2.43. The SMILES string of the molecule is Cc1nsc(-c2nnc3n2CCN(C(c2ccc(F)cc2)C(F)(F)F)[C@@H]3C)n1. The van der Waals surface area contributed by atoms with Crippen molar-refractivity contribution in [1.82, 2.24) is 29.0 Å². The van der Waals surface area contributed by atoms with Gasteiger partial charge in [-0.25, -0.2) is 9.37 Å². The summed E-state index contributed by atoms with van der Waals surface area (Å²) in [4.78, 5) is 5.62. The monoisotopic (exact) mass is 412 g/mol. The van der Waals surface area contributed by atoms with Gasteiger partial charge in [0.15, 0.2) is 16.7 Å². The molecule has 0 fully saturated rings. The number of fused-ring (bicyclic) bond motifs is 1. The second-order valence-corrected chi connectivity index (χ2v) is 7.34. The first-order valence-electron chi connectivity index (χ1n) is 8.57. The minimum Gasteiger partial charge on any atom is -0.306 e. The molecule has 0 spiro atoms. The zero-order valence-electron chi connectivity index (χ0n) is 15.0. The first kappa shape index (κ1) is 18.9. The molecule has 0 bridgehead atoms. The van der Waals surface area contributed by atoms with Gasteiger partial charge in [0.2, 0.25) is 0 Å². The Kier molecular flexibility index (Phi) is 4.66. The van der Waals surface area contributed by atoms with Crippen LogP contribution < -0.4 is 0 Å². The average Bonchev–Trinajstić information content (AvgIpc) is 3.24. The molecule has 6 nitrogen and oxygen atoms in total. The van der Waals surface area contributed by atoms with E-state index in [1.165, 1.54) is 28.6 Å². The lowest BCUT2D eigenvalue weighted by Gasteiger charge is -2.40. The van der Waals surface area contributed by atoms with E-state index in [-0.39, 0.29) is 18.7 Å². The summed E-state index contributed by atoms with van der Waals surface area (Å²) in [6.45, 7) is 3.85. The highest BCUT2D eigenvalue weighted by atomic mass is 32.1. The fourth-order valence-electron chi connectivity index (χ4n) is 3.51. The van der Waals surface area contributed by atoms with Crippen LogP contribution in [0.3, 0.4) is 0 Å². The Morgan fingerprint density at radius 3 is 2.46 bits per heavy atom. The van der Waals surface area contributed by atoms with E-state index in [1.54, 1.807) is 18.4 Å². The van der Waals surface area contributed by atoms with Crippen molar-refractivity contribution in [3.63, 3.8) is 0 Å². The summed E-state index contributed by atoms with van der Waals surface area (Å²) in [6, 6.07) is 1.94. The van der Waals surface area contributed by atoms with Crippen molar-refractivity contribution in [1.29, 1.82) is 0 Å². The standard InChI is InChI=1S/C17H16F4N6S/c1-9-14-23-24-15(16-22-10(2)25-28-16)27(14)8-7-26(9)13(17(19,20)21)11-3-5-12(18)6-4-11/h3-6,9,13H,7-8H2,1-2H3/t9-,13?/m1/s1. The van der Waals surface area contributed by atoms with Gasteiger partial charge in [0.05, 0.1) is 6.04 Å². The van der Waals surface area contributed by atoms with E-state index in [4.69, 9.17) is 0 Å². The van der Waals surface area contributed by atoms with Gasteiger partial charge in [-0.1, -0.05) is 12.1 Å². The van der Waals surface area contributed by atoms with Gasteiger partial charge in [0.25, 0.3) is 0 Å². The third-order valence-electron chi connectivity index (χ3n) is 4.78. The maximum atomic E-state index is 13.9. The number of rotatable bonds is 3. The molecule has 2 aromatic heterocycles. The van der Waals surface area contributed by atoms with Crippen molar-refractivity contribution in [3.05, 3.63) is 47.3 Å². The van der Waals surface area contributed by atoms with Crippen molar-refractivity contribution in [2.45, 2.75) is 38.7 Å². The van der Waals surface area contributed by atoms with Gasteiger partial charge >= 0.3 is 6.18 Å². The normalized spacial score (nSPS) is 18.9. The van der Waals surface area contributed by atoms with Crippen LogP contribution >= 0.6 is 11.5 Å². The van der Waals surface area contributed by atoms with Crippen molar-refractivity contribution < 1.29 is 17.6 Å². The molecule has 1 unspecified atom stereocenters. The third kappa shape index (κ3) is 3.28. The van der Waals surface area contributed by atoms with Crippen LogP contribution in [0.4, 0.5) is 17.6 Å². The molecule has 148 valence electrons. The Morgan fingerprint density at radius 2 is 1.86 bits per heavy atom. The van der Waals surface area contributed by atoms with Gasteiger partial charge in [0.1, 0.15) is 17.7 Å². The van der Waals surface area contributed by atoms with Crippen LogP contribution in [-0.2, 0) is 6.54 Å². The Balaban J connectivity index is 1.70. The van der Waals surface area contributed by atoms with E-state index in [9.17, 15) is 17.6 Å². The Hall–Kier alpha value is -2.40. The second-order valence-electron chi connectivity index (χ2n) is 6.59. The summed E-state index contributed by atoms with van der Waals surface area (Å²) < 4.78 is 60.9. The summed E-state index contributed by atoms with van der Waals surface area (Å²) in [6.07, 6.45) is -4.52. The van der Waals surface area contributed by atoms with Crippen molar-refractivity contribution in [2.24, 2.45) is 0 Å². The molecule has 2 atom stereocenters. The molecule has 4 rings (SSSR count). The van der Waals surface area contributed by atoms with Gasteiger partial charge in [-0.15, -0.1) is 10.2 Å². The average molecular weight is 412 g/mol. The zero-order valence-corrected chi connectivity index (χ0v) is 15.8. The lowest BCUT2D eigenvalue weighted by Crippen LogP contribution is -2.45. The maximum Gasteiger partial charge on any atom is 0.408 e. The van der Waals surface area contributed by atoms with Crippen LogP contribution in [0, 0.1) is 12.7 Å². The van der Waals surface area contributed by atoms with Crippen molar-refractivity contribution in [2.75, 3.05) is 6.54 Å². The minimum absolute atomic E-state index is 0.00585. The molecule has 0 saturated heterocycles. The van der Waals surface area contributed by atoms with E-state index in [0.29, 0.717) is 22.5 Å². The van der Waals surface area contributed by atoms with Gasteiger partial charge in [0, 0.05) is 13.1 Å². The number of alkyl halides is 3. The predicted molar refractivity (Wildman–Crippen MR) is 94.0 cm³/mol. The predicted octanol–water partition coefficient (Wildman–Crippen LogP) is 3.92.